The van der Waals surface area contributed by atoms with E-state index in [2.05, 4.69) is 17.1 Å². The maximum atomic E-state index is 11.5. The fourth-order valence-corrected chi connectivity index (χ4v) is 2.40. The number of Topliss-reactive ketones (excluding diaryl/α,β-unsaturated/α-hetero) is 1. The van der Waals surface area contributed by atoms with Crippen LogP contribution in [-0.4, -0.2) is 43.3 Å². The highest BCUT2D eigenvalue weighted by Gasteiger charge is 2.24. The molecule has 1 unspecified atom stereocenters. The monoisotopic (exact) mass is 240 g/mol. The minimum absolute atomic E-state index is 0.0520. The Morgan fingerprint density at radius 1 is 1.47 bits per heavy atom. The topological polar surface area (TPSA) is 49.4 Å². The van der Waals surface area contributed by atoms with E-state index in [4.69, 9.17) is 0 Å². The van der Waals surface area contributed by atoms with Crippen molar-refractivity contribution in [3.8, 4) is 0 Å². The van der Waals surface area contributed by atoms with Gasteiger partial charge in [0.25, 0.3) is 0 Å². The van der Waals surface area contributed by atoms with E-state index in [1.807, 2.05) is 0 Å². The molecule has 17 heavy (non-hydrogen) atoms. The number of likely N-dealkylation sites (N-methyl/N-ethyl adjacent to an activating group) is 1. The standard InChI is InChI=1S/C13H24N2O2/c1-3-8-15(10-13(17)14-2)9-7-11-5-4-6-12(11)16/h11H,3-10H2,1-2H3,(H,14,17). The highest BCUT2D eigenvalue weighted by molar-refractivity contribution is 5.82. The van der Waals surface area contributed by atoms with Gasteiger partial charge in [-0.3, -0.25) is 14.5 Å². The Kier molecular flexibility index (Phi) is 6.19. The van der Waals surface area contributed by atoms with Crippen molar-refractivity contribution in [3.05, 3.63) is 0 Å². The van der Waals surface area contributed by atoms with Crippen LogP contribution in [0.1, 0.15) is 39.0 Å². The van der Waals surface area contributed by atoms with Gasteiger partial charge in [-0.05, 0) is 38.8 Å². The zero-order valence-electron chi connectivity index (χ0n) is 11.0. The lowest BCUT2D eigenvalue weighted by molar-refractivity contribution is -0.121. The molecule has 1 atom stereocenters. The molecule has 0 heterocycles. The Labute approximate surface area is 104 Å². The molecule has 1 rings (SSSR count). The summed E-state index contributed by atoms with van der Waals surface area (Å²) in [6, 6.07) is 0. The van der Waals surface area contributed by atoms with Crippen molar-refractivity contribution in [1.82, 2.24) is 10.2 Å². The number of carbonyl (C=O) groups is 2. The van der Waals surface area contributed by atoms with Crippen LogP contribution in [-0.2, 0) is 9.59 Å². The van der Waals surface area contributed by atoms with Crippen molar-refractivity contribution < 1.29 is 9.59 Å². The number of carbonyl (C=O) groups excluding carboxylic acids is 2. The van der Waals surface area contributed by atoms with E-state index in [-0.39, 0.29) is 11.8 Å². The summed E-state index contributed by atoms with van der Waals surface area (Å²) in [4.78, 5) is 25.0. The summed E-state index contributed by atoms with van der Waals surface area (Å²) < 4.78 is 0. The zero-order valence-corrected chi connectivity index (χ0v) is 11.0. The first-order chi connectivity index (χ1) is 8.17. The van der Waals surface area contributed by atoms with Crippen molar-refractivity contribution in [2.24, 2.45) is 5.92 Å². The van der Waals surface area contributed by atoms with Crippen molar-refractivity contribution >= 4 is 11.7 Å². The molecule has 4 nitrogen and oxygen atoms in total. The number of amides is 1. The van der Waals surface area contributed by atoms with Gasteiger partial charge >= 0.3 is 0 Å². The van der Waals surface area contributed by atoms with E-state index in [9.17, 15) is 9.59 Å². The predicted molar refractivity (Wildman–Crippen MR) is 67.8 cm³/mol. The minimum atomic E-state index is 0.0520. The summed E-state index contributed by atoms with van der Waals surface area (Å²) in [6.45, 7) is 4.34. The summed E-state index contributed by atoms with van der Waals surface area (Å²) in [5.41, 5.74) is 0. The van der Waals surface area contributed by atoms with Crippen LogP contribution in [0.2, 0.25) is 0 Å². The molecule has 1 N–H and O–H groups in total. The highest BCUT2D eigenvalue weighted by Crippen LogP contribution is 2.24. The first-order valence-corrected chi connectivity index (χ1v) is 6.63. The molecule has 0 aromatic rings. The van der Waals surface area contributed by atoms with Crippen LogP contribution in [0.5, 0.6) is 0 Å². The quantitative estimate of drug-likeness (QED) is 0.727. The molecule has 1 saturated carbocycles. The van der Waals surface area contributed by atoms with Gasteiger partial charge in [-0.15, -0.1) is 0 Å². The van der Waals surface area contributed by atoms with Crippen molar-refractivity contribution in [2.45, 2.75) is 39.0 Å². The number of nitrogens with zero attached hydrogens (tertiary/aromatic N) is 1. The Hall–Kier alpha value is -0.900. The Balaban J connectivity index is 2.32. The number of rotatable bonds is 7. The van der Waals surface area contributed by atoms with E-state index in [0.29, 0.717) is 12.3 Å². The normalized spacial score (nSPS) is 19.9. The van der Waals surface area contributed by atoms with E-state index < -0.39 is 0 Å². The molecule has 1 aliphatic rings. The first-order valence-electron chi connectivity index (χ1n) is 6.63. The summed E-state index contributed by atoms with van der Waals surface area (Å²) in [6.07, 6.45) is 4.80. The number of hydrogen-bond acceptors (Lipinski definition) is 3. The van der Waals surface area contributed by atoms with E-state index in [1.54, 1.807) is 7.05 Å². The third kappa shape index (κ3) is 4.86. The smallest absolute Gasteiger partial charge is 0.233 e. The lowest BCUT2D eigenvalue weighted by Crippen LogP contribution is -2.37. The van der Waals surface area contributed by atoms with E-state index >= 15 is 0 Å². The van der Waals surface area contributed by atoms with Crippen LogP contribution in [0.25, 0.3) is 0 Å². The van der Waals surface area contributed by atoms with E-state index in [1.165, 1.54) is 0 Å². The molecule has 98 valence electrons. The molecule has 0 aromatic heterocycles. The molecule has 0 radical (unpaired) electrons. The summed E-state index contributed by atoms with van der Waals surface area (Å²) in [5, 5.41) is 2.64. The third-order valence-electron chi connectivity index (χ3n) is 3.41. The van der Waals surface area contributed by atoms with E-state index in [0.717, 1.165) is 45.2 Å². The number of nitrogens with one attached hydrogen (secondary N) is 1. The second kappa shape index (κ2) is 7.43. The fraction of sp³-hybridized carbons (Fsp3) is 0.846. The lowest BCUT2D eigenvalue weighted by atomic mass is 10.0. The molecule has 1 fully saturated rings. The third-order valence-corrected chi connectivity index (χ3v) is 3.41. The van der Waals surface area contributed by atoms with Gasteiger partial charge in [-0.1, -0.05) is 6.92 Å². The van der Waals surface area contributed by atoms with Gasteiger partial charge in [0.2, 0.25) is 5.91 Å². The summed E-state index contributed by atoms with van der Waals surface area (Å²) in [7, 11) is 1.66. The SMILES string of the molecule is CCCN(CCC1CCCC1=O)CC(=O)NC. The Morgan fingerprint density at radius 3 is 2.76 bits per heavy atom. The van der Waals surface area contributed by atoms with Crippen LogP contribution in [0.4, 0.5) is 0 Å². The average molecular weight is 240 g/mol. The molecule has 0 aromatic carbocycles. The summed E-state index contributed by atoms with van der Waals surface area (Å²) in [5.74, 6) is 0.719. The van der Waals surface area contributed by atoms with Gasteiger partial charge in [-0.2, -0.15) is 0 Å². The second-order valence-corrected chi connectivity index (χ2v) is 4.79. The number of ketones is 1. The van der Waals surface area contributed by atoms with Gasteiger partial charge in [-0.25, -0.2) is 0 Å². The maximum absolute atomic E-state index is 11.5. The van der Waals surface area contributed by atoms with Crippen LogP contribution in [0.15, 0.2) is 0 Å². The lowest BCUT2D eigenvalue weighted by Gasteiger charge is -2.21. The van der Waals surface area contributed by atoms with Gasteiger partial charge in [0, 0.05) is 19.4 Å². The highest BCUT2D eigenvalue weighted by atomic mass is 16.2. The molecule has 1 amide bonds. The molecule has 0 spiro atoms. The van der Waals surface area contributed by atoms with Crippen molar-refractivity contribution in [3.63, 3.8) is 0 Å². The minimum Gasteiger partial charge on any atom is -0.358 e. The van der Waals surface area contributed by atoms with Crippen LogP contribution in [0.3, 0.4) is 0 Å². The molecular formula is C13H24N2O2. The molecule has 4 heteroatoms. The van der Waals surface area contributed by atoms with Crippen molar-refractivity contribution in [2.75, 3.05) is 26.7 Å². The maximum Gasteiger partial charge on any atom is 0.233 e. The van der Waals surface area contributed by atoms with Gasteiger partial charge < -0.3 is 5.32 Å². The fourth-order valence-electron chi connectivity index (χ4n) is 2.40. The molecule has 0 bridgehead atoms. The zero-order chi connectivity index (χ0) is 12.7. The van der Waals surface area contributed by atoms with Gasteiger partial charge in [0.05, 0.1) is 6.54 Å². The first kappa shape index (κ1) is 14.2. The van der Waals surface area contributed by atoms with Gasteiger partial charge in [0.1, 0.15) is 5.78 Å². The largest absolute Gasteiger partial charge is 0.358 e. The molecule has 1 aliphatic carbocycles. The average Bonchev–Trinajstić information content (AvgIpc) is 2.72. The van der Waals surface area contributed by atoms with Crippen molar-refractivity contribution in [1.29, 1.82) is 0 Å². The van der Waals surface area contributed by atoms with Gasteiger partial charge in [0.15, 0.2) is 0 Å². The number of hydrogen-bond donors (Lipinski definition) is 1. The molecular weight excluding hydrogens is 216 g/mol. The molecule has 0 saturated heterocycles. The van der Waals surface area contributed by atoms with Crippen LogP contribution in [0, 0.1) is 5.92 Å². The van der Waals surface area contributed by atoms with Crippen LogP contribution < -0.4 is 5.32 Å². The second-order valence-electron chi connectivity index (χ2n) is 4.79. The Bertz CT molecular complexity index is 266. The van der Waals surface area contributed by atoms with Crippen LogP contribution >= 0.6 is 0 Å². The predicted octanol–water partition coefficient (Wildman–Crippen LogP) is 1.20. The molecule has 0 aliphatic heterocycles. The summed E-state index contributed by atoms with van der Waals surface area (Å²) >= 11 is 0. The Morgan fingerprint density at radius 2 is 2.24 bits per heavy atom.